The predicted molar refractivity (Wildman–Crippen MR) is 69.6 cm³/mol. The molecule has 0 aromatic carbocycles. The Morgan fingerprint density at radius 3 is 2.50 bits per heavy atom. The molecule has 0 bridgehead atoms. The van der Waals surface area contributed by atoms with Crippen molar-refractivity contribution in [2.24, 2.45) is 11.8 Å². The van der Waals surface area contributed by atoms with Crippen molar-refractivity contribution >= 4 is 0 Å². The van der Waals surface area contributed by atoms with Gasteiger partial charge in [-0.3, -0.25) is 11.3 Å². The molecule has 2 heteroatoms. The normalized spacial score (nSPS) is 20.0. The number of rotatable bonds is 6. The van der Waals surface area contributed by atoms with E-state index in [4.69, 9.17) is 12.3 Å². The van der Waals surface area contributed by atoms with E-state index in [1.165, 1.54) is 44.9 Å². The maximum atomic E-state index is 5.61. The lowest BCUT2D eigenvalue weighted by Crippen LogP contribution is -2.36. The molecule has 3 N–H and O–H groups in total. The minimum Gasteiger partial charge on any atom is -0.271 e. The molecule has 1 aliphatic carbocycles. The number of terminal acetylenes is 1. The second-order valence-corrected chi connectivity index (χ2v) is 5.05. The van der Waals surface area contributed by atoms with Gasteiger partial charge in [0, 0.05) is 12.5 Å². The van der Waals surface area contributed by atoms with Crippen LogP contribution in [0.4, 0.5) is 0 Å². The number of hydrogen-bond acceptors (Lipinski definition) is 2. The third-order valence-electron chi connectivity index (χ3n) is 3.70. The van der Waals surface area contributed by atoms with Crippen LogP contribution in [0.5, 0.6) is 0 Å². The Labute approximate surface area is 100 Å². The fourth-order valence-electron chi connectivity index (χ4n) is 2.72. The maximum absolute atomic E-state index is 5.61. The first-order chi connectivity index (χ1) is 7.86. The molecule has 1 fully saturated rings. The summed E-state index contributed by atoms with van der Waals surface area (Å²) < 4.78 is 0. The largest absolute Gasteiger partial charge is 0.271 e. The van der Waals surface area contributed by atoms with Gasteiger partial charge in [0.25, 0.3) is 0 Å². The van der Waals surface area contributed by atoms with Crippen molar-refractivity contribution in [3.8, 4) is 12.3 Å². The molecule has 1 aliphatic rings. The Hall–Kier alpha value is -0.520. The highest BCUT2D eigenvalue weighted by atomic mass is 15.2. The summed E-state index contributed by atoms with van der Waals surface area (Å²) in [7, 11) is 0. The first-order valence-corrected chi connectivity index (χ1v) is 6.76. The number of hydrazine groups is 1. The topological polar surface area (TPSA) is 38.0 Å². The Bertz CT molecular complexity index is 199. The zero-order valence-electron chi connectivity index (χ0n) is 10.4. The minimum absolute atomic E-state index is 0.469. The highest BCUT2D eigenvalue weighted by Crippen LogP contribution is 2.27. The molecule has 92 valence electrons. The number of unbranched alkanes of at least 4 members (excludes halogenated alkanes) is 1. The summed E-state index contributed by atoms with van der Waals surface area (Å²) in [5.74, 6) is 9.19. The monoisotopic (exact) mass is 222 g/mol. The van der Waals surface area contributed by atoms with Crippen LogP contribution in [-0.2, 0) is 0 Å². The van der Waals surface area contributed by atoms with Crippen LogP contribution in [0.25, 0.3) is 0 Å². The van der Waals surface area contributed by atoms with Gasteiger partial charge >= 0.3 is 0 Å². The molecule has 0 aromatic heterocycles. The van der Waals surface area contributed by atoms with Gasteiger partial charge < -0.3 is 0 Å². The van der Waals surface area contributed by atoms with Crippen LogP contribution < -0.4 is 11.3 Å². The highest BCUT2D eigenvalue weighted by molar-refractivity contribution is 4.84. The summed E-state index contributed by atoms with van der Waals surface area (Å²) in [5.41, 5.74) is 2.96. The Morgan fingerprint density at radius 1 is 1.25 bits per heavy atom. The van der Waals surface area contributed by atoms with Gasteiger partial charge in [-0.25, -0.2) is 0 Å². The molecule has 0 aromatic rings. The Morgan fingerprint density at radius 2 is 1.94 bits per heavy atom. The van der Waals surface area contributed by atoms with Gasteiger partial charge in [0.05, 0.1) is 0 Å². The zero-order valence-corrected chi connectivity index (χ0v) is 10.4. The van der Waals surface area contributed by atoms with E-state index in [0.717, 1.165) is 25.2 Å². The van der Waals surface area contributed by atoms with Crippen LogP contribution in [0.15, 0.2) is 0 Å². The van der Waals surface area contributed by atoms with Gasteiger partial charge in [-0.2, -0.15) is 0 Å². The van der Waals surface area contributed by atoms with Crippen LogP contribution in [0.1, 0.15) is 64.2 Å². The van der Waals surface area contributed by atoms with E-state index in [2.05, 4.69) is 11.3 Å². The van der Waals surface area contributed by atoms with Gasteiger partial charge in [0.15, 0.2) is 0 Å². The van der Waals surface area contributed by atoms with Crippen LogP contribution in [0, 0.1) is 18.3 Å². The molecule has 0 saturated heterocycles. The second kappa shape index (κ2) is 8.61. The minimum atomic E-state index is 0.469. The standard InChI is InChI=1S/C14H26N2/c1-2-3-6-11-14(16-15)12-13-9-7-4-5-8-10-13/h1,13-14,16H,3-12,15H2. The molecule has 0 amide bonds. The van der Waals surface area contributed by atoms with E-state index >= 15 is 0 Å². The van der Waals surface area contributed by atoms with Crippen molar-refractivity contribution in [3.63, 3.8) is 0 Å². The summed E-state index contributed by atoms with van der Waals surface area (Å²) in [4.78, 5) is 0. The molecule has 0 aliphatic heterocycles. The van der Waals surface area contributed by atoms with E-state index in [1.54, 1.807) is 0 Å². The molecule has 0 spiro atoms. The fourth-order valence-corrected chi connectivity index (χ4v) is 2.72. The van der Waals surface area contributed by atoms with E-state index in [9.17, 15) is 0 Å². The van der Waals surface area contributed by atoms with E-state index < -0.39 is 0 Å². The molecule has 16 heavy (non-hydrogen) atoms. The first kappa shape index (κ1) is 13.5. The number of hydrogen-bond donors (Lipinski definition) is 2. The molecule has 1 unspecified atom stereocenters. The van der Waals surface area contributed by atoms with Crippen molar-refractivity contribution < 1.29 is 0 Å². The van der Waals surface area contributed by atoms with Crippen molar-refractivity contribution in [3.05, 3.63) is 0 Å². The summed E-state index contributed by atoms with van der Waals surface area (Å²) >= 11 is 0. The molecule has 2 nitrogen and oxygen atoms in total. The van der Waals surface area contributed by atoms with Crippen molar-refractivity contribution in [1.82, 2.24) is 5.43 Å². The maximum Gasteiger partial charge on any atom is 0.0213 e. The molecule has 1 atom stereocenters. The average Bonchev–Trinajstić information content (AvgIpc) is 2.56. The van der Waals surface area contributed by atoms with Crippen molar-refractivity contribution in [1.29, 1.82) is 0 Å². The molecule has 1 saturated carbocycles. The molecule has 0 radical (unpaired) electrons. The SMILES string of the molecule is C#CCCCC(CC1CCCCCC1)NN. The van der Waals surface area contributed by atoms with Crippen LogP contribution in [0.2, 0.25) is 0 Å². The molecule has 1 rings (SSSR count). The predicted octanol–water partition coefficient (Wildman–Crippen LogP) is 2.98. The van der Waals surface area contributed by atoms with Crippen molar-refractivity contribution in [2.45, 2.75) is 70.3 Å². The molecular weight excluding hydrogens is 196 g/mol. The summed E-state index contributed by atoms with van der Waals surface area (Å²) in [5, 5.41) is 0. The third kappa shape index (κ3) is 5.53. The van der Waals surface area contributed by atoms with E-state index in [-0.39, 0.29) is 0 Å². The lowest BCUT2D eigenvalue weighted by atomic mass is 9.91. The smallest absolute Gasteiger partial charge is 0.0213 e. The van der Waals surface area contributed by atoms with Gasteiger partial charge in [0.1, 0.15) is 0 Å². The zero-order chi connectivity index (χ0) is 11.6. The Balaban J connectivity index is 2.22. The summed E-state index contributed by atoms with van der Waals surface area (Å²) in [6.45, 7) is 0. The number of nitrogens with one attached hydrogen (secondary N) is 1. The summed E-state index contributed by atoms with van der Waals surface area (Å²) in [6, 6.07) is 0.469. The lowest BCUT2D eigenvalue weighted by molar-refractivity contribution is 0.338. The van der Waals surface area contributed by atoms with Crippen LogP contribution >= 0.6 is 0 Å². The van der Waals surface area contributed by atoms with Gasteiger partial charge in [-0.05, 0) is 25.2 Å². The fraction of sp³-hybridized carbons (Fsp3) is 0.857. The van der Waals surface area contributed by atoms with Crippen LogP contribution in [0.3, 0.4) is 0 Å². The quantitative estimate of drug-likeness (QED) is 0.238. The first-order valence-electron chi connectivity index (χ1n) is 6.76. The van der Waals surface area contributed by atoms with E-state index in [1.807, 2.05) is 0 Å². The van der Waals surface area contributed by atoms with Crippen molar-refractivity contribution in [2.75, 3.05) is 0 Å². The summed E-state index contributed by atoms with van der Waals surface area (Å²) in [6.07, 6.45) is 18.1. The Kier molecular flexibility index (Phi) is 7.29. The van der Waals surface area contributed by atoms with Crippen LogP contribution in [-0.4, -0.2) is 6.04 Å². The second-order valence-electron chi connectivity index (χ2n) is 5.05. The lowest BCUT2D eigenvalue weighted by Gasteiger charge is -2.21. The van der Waals surface area contributed by atoms with Gasteiger partial charge in [0.2, 0.25) is 0 Å². The van der Waals surface area contributed by atoms with Gasteiger partial charge in [-0.1, -0.05) is 38.5 Å². The van der Waals surface area contributed by atoms with E-state index in [0.29, 0.717) is 6.04 Å². The average molecular weight is 222 g/mol. The molecular formula is C14H26N2. The third-order valence-corrected chi connectivity index (χ3v) is 3.70. The van der Waals surface area contributed by atoms with Gasteiger partial charge in [-0.15, -0.1) is 12.3 Å². The number of nitrogens with two attached hydrogens (primary N) is 1. The highest BCUT2D eigenvalue weighted by Gasteiger charge is 2.16. The molecule has 0 heterocycles.